The van der Waals surface area contributed by atoms with Gasteiger partial charge in [0.25, 0.3) is 0 Å². The molecular formula is C15H19BrO4S. The van der Waals surface area contributed by atoms with Gasteiger partial charge in [0.15, 0.2) is 9.84 Å². The molecule has 0 aromatic heterocycles. The zero-order chi connectivity index (χ0) is 15.8. The van der Waals surface area contributed by atoms with Crippen LogP contribution in [0.3, 0.4) is 0 Å². The summed E-state index contributed by atoms with van der Waals surface area (Å²) in [6, 6.07) is 3.21. The van der Waals surface area contributed by atoms with Crippen LogP contribution in [0.1, 0.15) is 48.0 Å². The molecule has 0 aliphatic heterocycles. The van der Waals surface area contributed by atoms with E-state index in [4.69, 9.17) is 4.74 Å². The summed E-state index contributed by atoms with van der Waals surface area (Å²) in [5, 5.41) is 0. The number of ether oxygens (including phenoxy) is 1. The summed E-state index contributed by atoms with van der Waals surface area (Å²) in [6.45, 7) is 2.14. The van der Waals surface area contributed by atoms with Crippen molar-refractivity contribution in [3.05, 3.63) is 27.7 Å². The number of carbonyl (C=O) groups is 1. The molecule has 2 unspecified atom stereocenters. The van der Waals surface area contributed by atoms with Gasteiger partial charge in [-0.25, -0.2) is 13.2 Å². The predicted octanol–water partition coefficient (Wildman–Crippen LogP) is 3.54. The van der Waals surface area contributed by atoms with E-state index in [0.29, 0.717) is 10.4 Å². The molecule has 0 amide bonds. The first-order valence-corrected chi connectivity index (χ1v) is 9.56. The Morgan fingerprint density at radius 3 is 2.48 bits per heavy atom. The number of methoxy groups -OCH3 is 1. The maximum atomic E-state index is 12.1. The molecular weight excluding hydrogens is 356 g/mol. The summed E-state index contributed by atoms with van der Waals surface area (Å²) >= 11 is 3.36. The maximum Gasteiger partial charge on any atom is 0.339 e. The van der Waals surface area contributed by atoms with Gasteiger partial charge in [-0.1, -0.05) is 19.8 Å². The molecule has 116 valence electrons. The van der Waals surface area contributed by atoms with Crippen LogP contribution in [-0.4, -0.2) is 27.8 Å². The molecule has 6 heteroatoms. The molecule has 21 heavy (non-hydrogen) atoms. The molecule has 2 rings (SSSR count). The van der Waals surface area contributed by atoms with Crippen LogP contribution in [0.15, 0.2) is 21.5 Å². The first-order chi connectivity index (χ1) is 9.75. The molecule has 1 aliphatic rings. The van der Waals surface area contributed by atoms with Gasteiger partial charge in [0.1, 0.15) is 0 Å². The first-order valence-electron chi connectivity index (χ1n) is 6.87. The largest absolute Gasteiger partial charge is 0.465 e. The van der Waals surface area contributed by atoms with Crippen molar-refractivity contribution in [1.82, 2.24) is 0 Å². The van der Waals surface area contributed by atoms with Gasteiger partial charge in [0.2, 0.25) is 0 Å². The summed E-state index contributed by atoms with van der Waals surface area (Å²) < 4.78 is 29.5. The van der Waals surface area contributed by atoms with Crippen LogP contribution in [-0.2, 0) is 14.6 Å². The summed E-state index contributed by atoms with van der Waals surface area (Å²) in [5.74, 6) is 0.122. The molecule has 4 nitrogen and oxygen atoms in total. The highest BCUT2D eigenvalue weighted by molar-refractivity contribution is 9.10. The quantitative estimate of drug-likeness (QED) is 0.759. The Labute approximate surface area is 133 Å². The highest BCUT2D eigenvalue weighted by Gasteiger charge is 2.30. The summed E-state index contributed by atoms with van der Waals surface area (Å²) in [4.78, 5) is 12.0. The third-order valence-electron chi connectivity index (χ3n) is 4.17. The van der Waals surface area contributed by atoms with Crippen molar-refractivity contribution >= 4 is 31.7 Å². The van der Waals surface area contributed by atoms with Crippen molar-refractivity contribution in [2.75, 3.05) is 13.4 Å². The number of carbonyl (C=O) groups excluding carboxylic acids is 1. The highest BCUT2D eigenvalue weighted by Crippen LogP contribution is 2.43. The standard InChI is InChI=1S/C15H19BrO4S/c1-9-5-4-6-10(9)11-7-13(16)12(15(17)20-2)8-14(11)21(3,18)19/h7-10H,4-6H2,1-3H3. The van der Waals surface area contributed by atoms with Crippen molar-refractivity contribution in [1.29, 1.82) is 0 Å². The molecule has 0 N–H and O–H groups in total. The van der Waals surface area contributed by atoms with Crippen LogP contribution in [0.5, 0.6) is 0 Å². The monoisotopic (exact) mass is 374 g/mol. The number of hydrogen-bond donors (Lipinski definition) is 0. The number of sulfone groups is 1. The lowest BCUT2D eigenvalue weighted by molar-refractivity contribution is 0.0599. The van der Waals surface area contributed by atoms with Crippen molar-refractivity contribution in [3.8, 4) is 0 Å². The van der Waals surface area contributed by atoms with E-state index in [-0.39, 0.29) is 16.4 Å². The van der Waals surface area contributed by atoms with Gasteiger partial charge >= 0.3 is 5.97 Å². The molecule has 0 bridgehead atoms. The second-order valence-corrected chi connectivity index (χ2v) is 8.49. The van der Waals surface area contributed by atoms with Crippen LogP contribution in [0.4, 0.5) is 0 Å². The zero-order valence-corrected chi connectivity index (χ0v) is 14.8. The Hall–Kier alpha value is -0.880. The Morgan fingerprint density at radius 1 is 1.33 bits per heavy atom. The fraction of sp³-hybridized carbons (Fsp3) is 0.533. The fourth-order valence-electron chi connectivity index (χ4n) is 3.05. The van der Waals surface area contributed by atoms with Crippen molar-refractivity contribution in [2.24, 2.45) is 5.92 Å². The van der Waals surface area contributed by atoms with Gasteiger partial charge in [-0.2, -0.15) is 0 Å². The van der Waals surface area contributed by atoms with Gasteiger partial charge in [-0.05, 0) is 51.9 Å². The van der Waals surface area contributed by atoms with Gasteiger partial charge in [-0.3, -0.25) is 0 Å². The van der Waals surface area contributed by atoms with Crippen molar-refractivity contribution in [2.45, 2.75) is 37.0 Å². The number of esters is 1. The van der Waals surface area contributed by atoms with Gasteiger partial charge in [0.05, 0.1) is 17.6 Å². The van der Waals surface area contributed by atoms with E-state index in [9.17, 15) is 13.2 Å². The molecule has 1 saturated carbocycles. The minimum Gasteiger partial charge on any atom is -0.465 e. The lowest BCUT2D eigenvalue weighted by Crippen LogP contribution is -2.12. The Balaban J connectivity index is 2.65. The van der Waals surface area contributed by atoms with Crippen LogP contribution < -0.4 is 0 Å². The van der Waals surface area contributed by atoms with Crippen LogP contribution in [0, 0.1) is 5.92 Å². The van der Waals surface area contributed by atoms with Crippen LogP contribution in [0.25, 0.3) is 0 Å². The number of benzene rings is 1. The van der Waals surface area contributed by atoms with E-state index in [1.165, 1.54) is 19.4 Å². The fourth-order valence-corrected chi connectivity index (χ4v) is 4.55. The third-order valence-corrected chi connectivity index (χ3v) is 5.97. The second kappa shape index (κ2) is 6.08. The highest BCUT2D eigenvalue weighted by atomic mass is 79.9. The summed E-state index contributed by atoms with van der Waals surface area (Å²) in [6.07, 6.45) is 4.36. The van der Waals surface area contributed by atoms with E-state index in [2.05, 4.69) is 22.9 Å². The average Bonchev–Trinajstić information content (AvgIpc) is 2.82. The lowest BCUT2D eigenvalue weighted by atomic mass is 9.89. The van der Waals surface area contributed by atoms with Gasteiger partial charge in [-0.15, -0.1) is 0 Å². The van der Waals surface area contributed by atoms with E-state index >= 15 is 0 Å². The average molecular weight is 375 g/mol. The van der Waals surface area contributed by atoms with Gasteiger partial charge in [0, 0.05) is 10.7 Å². The SMILES string of the molecule is COC(=O)c1cc(S(C)(=O)=O)c(C2CCCC2C)cc1Br. The molecule has 0 saturated heterocycles. The van der Waals surface area contributed by atoms with Crippen molar-refractivity contribution < 1.29 is 17.9 Å². The number of hydrogen-bond acceptors (Lipinski definition) is 4. The minimum atomic E-state index is -3.40. The molecule has 1 aliphatic carbocycles. The lowest BCUT2D eigenvalue weighted by Gasteiger charge is -2.20. The first kappa shape index (κ1) is 16.5. The number of rotatable bonds is 3. The minimum absolute atomic E-state index is 0.220. The third kappa shape index (κ3) is 3.31. The molecule has 1 fully saturated rings. The molecule has 0 heterocycles. The zero-order valence-electron chi connectivity index (χ0n) is 12.3. The molecule has 1 aromatic rings. The smallest absolute Gasteiger partial charge is 0.339 e. The second-order valence-electron chi connectivity index (χ2n) is 5.65. The normalized spacial score (nSPS) is 22.3. The molecule has 2 atom stereocenters. The van der Waals surface area contributed by atoms with E-state index in [1.807, 2.05) is 0 Å². The number of halogens is 1. The topological polar surface area (TPSA) is 60.4 Å². The van der Waals surface area contributed by atoms with Crippen molar-refractivity contribution in [3.63, 3.8) is 0 Å². The maximum absolute atomic E-state index is 12.1. The Kier molecular flexibility index (Phi) is 4.78. The predicted molar refractivity (Wildman–Crippen MR) is 84.3 cm³/mol. The Bertz CT molecular complexity index is 666. The van der Waals surface area contributed by atoms with E-state index < -0.39 is 15.8 Å². The summed E-state index contributed by atoms with van der Waals surface area (Å²) in [7, 11) is -2.12. The van der Waals surface area contributed by atoms with Gasteiger partial charge < -0.3 is 4.74 Å². The Morgan fingerprint density at radius 2 is 2.00 bits per heavy atom. The summed E-state index contributed by atoms with van der Waals surface area (Å²) in [5.41, 5.74) is 1.05. The van der Waals surface area contributed by atoms with E-state index in [0.717, 1.165) is 24.8 Å². The van der Waals surface area contributed by atoms with Crippen LogP contribution in [0.2, 0.25) is 0 Å². The molecule has 1 aromatic carbocycles. The molecule has 0 radical (unpaired) electrons. The van der Waals surface area contributed by atoms with E-state index in [1.54, 1.807) is 6.07 Å². The molecule has 0 spiro atoms. The van der Waals surface area contributed by atoms with Crippen LogP contribution >= 0.6 is 15.9 Å².